The molecule has 2 aromatic heterocycles. The first-order chi connectivity index (χ1) is 31.5. The smallest absolute Gasteiger partial charge is 0.255 e. The Balaban J connectivity index is 0.724. The molecule has 3 atom stereocenters. The number of carbonyl (C=O) groups is 4. The fraction of sp³-hybridized carbons (Fsp3) is 0.396. The molecule has 3 aromatic carbocycles. The van der Waals surface area contributed by atoms with Crippen LogP contribution in [0.4, 0.5) is 24.5 Å². The Morgan fingerprint density at radius 2 is 1.68 bits per heavy atom. The minimum atomic E-state index is -1.98. The second-order valence-corrected chi connectivity index (χ2v) is 19.1. The molecular weight excluding hydrogens is 858 g/mol. The summed E-state index contributed by atoms with van der Waals surface area (Å²) in [6, 6.07) is 17.5. The van der Waals surface area contributed by atoms with Crippen molar-refractivity contribution in [1.29, 1.82) is 0 Å². The number of carbonyl (C=O) groups excluding carboxylic acids is 4. The van der Waals surface area contributed by atoms with E-state index in [4.69, 9.17) is 0 Å². The van der Waals surface area contributed by atoms with Gasteiger partial charge >= 0.3 is 0 Å². The van der Waals surface area contributed by atoms with Gasteiger partial charge in [-0.15, -0.1) is 4.31 Å². The number of anilines is 2. The third kappa shape index (κ3) is 8.62. The summed E-state index contributed by atoms with van der Waals surface area (Å²) in [7, 11) is 0. The van der Waals surface area contributed by atoms with Crippen LogP contribution < -0.4 is 14.9 Å². The van der Waals surface area contributed by atoms with E-state index < -0.39 is 52.6 Å². The molecule has 0 bridgehead atoms. The van der Waals surface area contributed by atoms with Crippen molar-refractivity contribution in [3.05, 3.63) is 113 Å². The summed E-state index contributed by atoms with van der Waals surface area (Å²) in [4.78, 5) is 65.1. The number of amides is 3. The van der Waals surface area contributed by atoms with Crippen molar-refractivity contribution < 1.29 is 36.9 Å². The molecule has 5 aromatic rings. The van der Waals surface area contributed by atoms with Crippen LogP contribution in [0.15, 0.2) is 73.1 Å². The third-order valence-electron chi connectivity index (χ3n) is 13.9. The summed E-state index contributed by atoms with van der Waals surface area (Å²) in [5.74, 6) is -2.95. The van der Waals surface area contributed by atoms with Gasteiger partial charge in [0.05, 0.1) is 12.1 Å². The van der Waals surface area contributed by atoms with Crippen LogP contribution >= 0.6 is 0 Å². The Labute approximate surface area is 377 Å². The number of ketones is 1. The molecule has 3 N–H and O–H groups in total. The number of piperidine rings is 3. The molecule has 5 aliphatic heterocycles. The molecule has 13 nitrogen and oxygen atoms in total. The van der Waals surface area contributed by atoms with Gasteiger partial charge in [0.1, 0.15) is 29.4 Å². The zero-order valence-electron chi connectivity index (χ0n) is 35.7. The van der Waals surface area contributed by atoms with E-state index >= 15 is 8.78 Å². The van der Waals surface area contributed by atoms with E-state index in [1.165, 1.54) is 16.1 Å². The molecule has 2 unspecified atom stereocenters. The molecule has 17 heteroatoms. The number of halogens is 3. The summed E-state index contributed by atoms with van der Waals surface area (Å²) >= 11 is -1.98. The molecule has 0 radical (unpaired) electrons. The van der Waals surface area contributed by atoms with Crippen molar-refractivity contribution in [2.75, 3.05) is 55.4 Å². The lowest BCUT2D eigenvalue weighted by molar-refractivity contribution is -0.136. The molecule has 4 saturated heterocycles. The van der Waals surface area contributed by atoms with E-state index in [1.54, 1.807) is 17.2 Å². The first-order valence-electron chi connectivity index (χ1n) is 22.4. The number of nitrogens with zero attached hydrogens (tertiary/aromatic N) is 5. The molecule has 10 rings (SSSR count). The SMILES string of the molecule is O=C1CC[C@H](N2Cc3cc(C4CCN(CC5CCN(c6ccc(-c7cnc8[nH]cc(C(=O)c9c(F)ccc(N[S+]([O-])N%10CCC(F)C%10)c9F)c8c7)cc6)CC5)CC4)ccc3C2=O)C(=O)N1. The summed E-state index contributed by atoms with van der Waals surface area (Å²) in [5, 5.41) is 2.77. The molecule has 3 amide bonds. The van der Waals surface area contributed by atoms with E-state index in [-0.39, 0.29) is 49.0 Å². The van der Waals surface area contributed by atoms with Crippen molar-refractivity contribution >= 4 is 57.5 Å². The molecule has 0 spiro atoms. The topological polar surface area (TPSA) is 157 Å². The highest BCUT2D eigenvalue weighted by molar-refractivity contribution is 7.90. The number of benzene rings is 3. The van der Waals surface area contributed by atoms with E-state index in [2.05, 4.69) is 54.1 Å². The van der Waals surface area contributed by atoms with Gasteiger partial charge < -0.3 is 24.2 Å². The standard InChI is InChI=1S/C48H49F3N8O5S/c49-34-15-20-58(27-34)65(64)55-40-8-7-39(50)43(44(40)51)45(61)38-24-53-46-37(38)22-32(23-52-46)29-1-4-35(5-2-29)57-18-11-28(12-19-57)25-56-16-13-30(14-17-56)31-3-6-36-33(21-31)26-59(48(36)63)41-9-10-42(60)54-47(41)62/h1-8,21-24,28,30,34,41,55H,9-20,25-27H2,(H,52,53)(H,54,60,62)/t34?,41-,65?/m0/s1. The maximum atomic E-state index is 15.7. The number of aromatic nitrogens is 2. The highest BCUT2D eigenvalue weighted by atomic mass is 32.2. The van der Waals surface area contributed by atoms with Crippen LogP contribution in [0.5, 0.6) is 0 Å². The van der Waals surface area contributed by atoms with Crippen LogP contribution in [0.3, 0.4) is 0 Å². The minimum absolute atomic E-state index is 0.0357. The van der Waals surface area contributed by atoms with Crippen molar-refractivity contribution in [2.45, 2.75) is 69.6 Å². The van der Waals surface area contributed by atoms with Crippen LogP contribution in [-0.4, -0.2) is 110 Å². The monoisotopic (exact) mass is 906 g/mol. The number of pyridine rings is 1. The largest absolute Gasteiger partial charge is 0.573 e. The van der Waals surface area contributed by atoms with E-state index in [0.717, 1.165) is 92.9 Å². The Hall–Kier alpha value is -5.75. The lowest BCUT2D eigenvalue weighted by atomic mass is 9.87. The van der Waals surface area contributed by atoms with Gasteiger partial charge in [-0.1, -0.05) is 24.3 Å². The summed E-state index contributed by atoms with van der Waals surface area (Å²) in [6.45, 7) is 5.54. The quantitative estimate of drug-likeness (QED) is 0.0747. The van der Waals surface area contributed by atoms with Crippen molar-refractivity contribution in [1.82, 2.24) is 29.4 Å². The number of alkyl halides is 1. The molecule has 4 fully saturated rings. The lowest BCUT2D eigenvalue weighted by Gasteiger charge is -2.38. The average Bonchev–Trinajstić information content (AvgIpc) is 4.04. The van der Waals surface area contributed by atoms with Gasteiger partial charge in [0.25, 0.3) is 5.91 Å². The maximum Gasteiger partial charge on any atom is 0.255 e. The first kappa shape index (κ1) is 43.2. The fourth-order valence-electron chi connectivity index (χ4n) is 10.2. The van der Waals surface area contributed by atoms with E-state index in [9.17, 15) is 28.1 Å². The average molecular weight is 907 g/mol. The summed E-state index contributed by atoms with van der Waals surface area (Å²) < 4.78 is 61.0. The van der Waals surface area contributed by atoms with Crippen LogP contribution in [0.1, 0.15) is 88.3 Å². The van der Waals surface area contributed by atoms with Gasteiger partial charge in [-0.25, -0.2) is 18.2 Å². The molecule has 338 valence electrons. The predicted molar refractivity (Wildman–Crippen MR) is 240 cm³/mol. The van der Waals surface area contributed by atoms with Gasteiger partial charge in [-0.05, 0) is 117 Å². The first-order valence-corrected chi connectivity index (χ1v) is 23.5. The number of hydrogen-bond acceptors (Lipinski definition) is 10. The molecule has 65 heavy (non-hydrogen) atoms. The normalized spacial score (nSPS) is 21.9. The van der Waals surface area contributed by atoms with Gasteiger partial charge in [0.15, 0.2) is 17.4 Å². The fourth-order valence-corrected chi connectivity index (χ4v) is 11.3. The zero-order chi connectivity index (χ0) is 44.9. The minimum Gasteiger partial charge on any atom is -0.573 e. The zero-order valence-corrected chi connectivity index (χ0v) is 36.5. The number of fused-ring (bicyclic) bond motifs is 2. The van der Waals surface area contributed by atoms with E-state index in [0.29, 0.717) is 41.4 Å². The number of hydrogen-bond donors (Lipinski definition) is 3. The highest BCUT2D eigenvalue weighted by Crippen LogP contribution is 2.36. The third-order valence-corrected chi connectivity index (χ3v) is 15.1. The van der Waals surface area contributed by atoms with Gasteiger partial charge in [0.2, 0.25) is 17.6 Å². The highest BCUT2D eigenvalue weighted by Gasteiger charge is 2.40. The molecule has 7 heterocycles. The predicted octanol–water partition coefficient (Wildman–Crippen LogP) is 6.63. The van der Waals surface area contributed by atoms with Crippen LogP contribution in [-0.2, 0) is 27.7 Å². The lowest BCUT2D eigenvalue weighted by Crippen LogP contribution is -2.52. The van der Waals surface area contributed by atoms with Crippen molar-refractivity contribution in [2.24, 2.45) is 5.92 Å². The van der Waals surface area contributed by atoms with Crippen LogP contribution in [0, 0.1) is 17.6 Å². The Morgan fingerprint density at radius 1 is 0.892 bits per heavy atom. The second kappa shape index (κ2) is 17.9. The number of aromatic amines is 1. The number of H-pyrrole nitrogens is 1. The van der Waals surface area contributed by atoms with E-state index in [1.807, 2.05) is 18.2 Å². The molecular formula is C48H49F3N8O5S. The Morgan fingerprint density at radius 3 is 2.42 bits per heavy atom. The Kier molecular flexibility index (Phi) is 11.9. The number of likely N-dealkylation sites (tertiary alicyclic amines) is 1. The maximum absolute atomic E-state index is 15.7. The number of imide groups is 1. The van der Waals surface area contributed by atoms with Gasteiger partial charge in [-0.2, -0.15) is 4.72 Å². The molecule has 5 aliphatic rings. The van der Waals surface area contributed by atoms with Gasteiger partial charge in [0, 0.05) is 79.3 Å². The summed E-state index contributed by atoms with van der Waals surface area (Å²) in [6.07, 6.45) is 7.00. The van der Waals surface area contributed by atoms with Crippen LogP contribution in [0.2, 0.25) is 0 Å². The molecule has 0 aliphatic carbocycles. The van der Waals surface area contributed by atoms with Crippen molar-refractivity contribution in [3.63, 3.8) is 0 Å². The molecule has 0 saturated carbocycles. The summed E-state index contributed by atoms with van der Waals surface area (Å²) in [5.41, 5.74) is 4.86. The van der Waals surface area contributed by atoms with Gasteiger partial charge in [-0.3, -0.25) is 24.5 Å². The number of rotatable bonds is 11. The number of nitrogens with one attached hydrogen (secondary N) is 3. The second-order valence-electron chi connectivity index (χ2n) is 17.9. The van der Waals surface area contributed by atoms with Crippen molar-refractivity contribution in [3.8, 4) is 11.1 Å². The van der Waals surface area contributed by atoms with Crippen LogP contribution in [0.25, 0.3) is 22.2 Å². The Bertz CT molecular complexity index is 2670.